The molecule has 0 saturated carbocycles. The van der Waals surface area contributed by atoms with Crippen molar-refractivity contribution in [2.75, 3.05) is 25.5 Å². The third kappa shape index (κ3) is 3.84. The summed E-state index contributed by atoms with van der Waals surface area (Å²) in [6.07, 6.45) is 4.20. The summed E-state index contributed by atoms with van der Waals surface area (Å²) >= 11 is 6.20. The van der Waals surface area contributed by atoms with Gasteiger partial charge in [-0.25, -0.2) is 0 Å². The number of halogens is 1. The summed E-state index contributed by atoms with van der Waals surface area (Å²) in [6, 6.07) is 11.7. The molecule has 2 heterocycles. The lowest BCUT2D eigenvalue weighted by Gasteiger charge is -2.28. The number of anilines is 1. The number of hydrogen-bond acceptors (Lipinski definition) is 4. The van der Waals surface area contributed by atoms with E-state index < -0.39 is 0 Å². The summed E-state index contributed by atoms with van der Waals surface area (Å²) in [5.41, 5.74) is 5.01. The van der Waals surface area contributed by atoms with E-state index in [0.29, 0.717) is 18.1 Å². The van der Waals surface area contributed by atoms with Crippen LogP contribution in [-0.4, -0.2) is 35.8 Å². The highest BCUT2D eigenvalue weighted by Gasteiger charge is 2.26. The van der Waals surface area contributed by atoms with E-state index in [9.17, 15) is 10.1 Å². The third-order valence-electron chi connectivity index (χ3n) is 5.59. The van der Waals surface area contributed by atoms with E-state index in [2.05, 4.69) is 23.5 Å². The first kappa shape index (κ1) is 18.8. The quantitative estimate of drug-likeness (QED) is 0.797. The van der Waals surface area contributed by atoms with E-state index in [0.717, 1.165) is 53.9 Å². The van der Waals surface area contributed by atoms with Gasteiger partial charge in [0.15, 0.2) is 6.19 Å². The lowest BCUT2D eigenvalue weighted by molar-refractivity contribution is -0.121. The lowest BCUT2D eigenvalue weighted by atomic mass is 9.95. The molecule has 2 aliphatic heterocycles. The van der Waals surface area contributed by atoms with Crippen molar-refractivity contribution in [3.63, 3.8) is 0 Å². The zero-order valence-corrected chi connectivity index (χ0v) is 16.7. The number of piperidine rings is 1. The molecule has 1 fully saturated rings. The largest absolute Gasteiger partial charge is 0.326 e. The van der Waals surface area contributed by atoms with Gasteiger partial charge < -0.3 is 15.1 Å². The molecule has 0 bridgehead atoms. The van der Waals surface area contributed by atoms with Gasteiger partial charge in [0.1, 0.15) is 0 Å². The molecule has 144 valence electrons. The Bertz CT molecular complexity index is 952. The Balaban J connectivity index is 1.66. The smallest absolute Gasteiger partial charge is 0.228 e. The molecule has 0 radical (unpaired) electrons. The van der Waals surface area contributed by atoms with E-state index in [1.54, 1.807) is 4.90 Å². The van der Waals surface area contributed by atoms with Crippen molar-refractivity contribution >= 4 is 23.2 Å². The molecular formula is C22H23ClN4O. The molecule has 2 aliphatic rings. The number of nitriles is 1. The van der Waals surface area contributed by atoms with Gasteiger partial charge in [0, 0.05) is 17.3 Å². The minimum Gasteiger partial charge on any atom is -0.326 e. The number of likely N-dealkylation sites (tertiary alicyclic amines) is 1. The molecule has 5 nitrogen and oxygen atoms in total. The fourth-order valence-electron chi connectivity index (χ4n) is 4.19. The van der Waals surface area contributed by atoms with E-state index in [4.69, 9.17) is 11.6 Å². The maximum absolute atomic E-state index is 12.8. The zero-order valence-electron chi connectivity index (χ0n) is 15.9. The van der Waals surface area contributed by atoms with E-state index in [-0.39, 0.29) is 11.8 Å². The number of carbonyl (C=O) groups is 1. The minimum absolute atomic E-state index is 0.0113. The molecule has 0 aliphatic carbocycles. The van der Waals surface area contributed by atoms with E-state index >= 15 is 0 Å². The molecule has 0 spiro atoms. The molecule has 1 N–H and O–H groups in total. The highest BCUT2D eigenvalue weighted by Crippen LogP contribution is 2.36. The number of carbonyl (C=O) groups excluding carboxylic acids is 1. The number of rotatable bonds is 3. The molecule has 1 saturated heterocycles. The van der Waals surface area contributed by atoms with Crippen LogP contribution in [0.4, 0.5) is 5.69 Å². The Hall–Kier alpha value is -2.55. The Morgan fingerprint density at radius 3 is 2.89 bits per heavy atom. The Morgan fingerprint density at radius 2 is 2.14 bits per heavy atom. The summed E-state index contributed by atoms with van der Waals surface area (Å²) in [5.74, 6) is 0.0795. The molecule has 2 aromatic carbocycles. The average molecular weight is 395 g/mol. The Labute approximate surface area is 170 Å². The van der Waals surface area contributed by atoms with Gasteiger partial charge in [-0.1, -0.05) is 23.7 Å². The number of benzene rings is 2. The summed E-state index contributed by atoms with van der Waals surface area (Å²) in [7, 11) is 2.06. The van der Waals surface area contributed by atoms with Crippen molar-refractivity contribution in [1.82, 2.24) is 9.80 Å². The van der Waals surface area contributed by atoms with Crippen molar-refractivity contribution < 1.29 is 4.79 Å². The molecule has 28 heavy (non-hydrogen) atoms. The van der Waals surface area contributed by atoms with Crippen molar-refractivity contribution in [1.29, 1.82) is 5.26 Å². The number of fused-ring (bicyclic) bond motifs is 1. The van der Waals surface area contributed by atoms with Gasteiger partial charge in [-0.05, 0) is 73.0 Å². The predicted octanol–water partition coefficient (Wildman–Crippen LogP) is 4.08. The standard InChI is InChI=1S/C22H23ClN4O/c1-26-7-3-5-16(11-26)22(28)25-19-9-17-12-27(14-24)13-21(17)20(10-19)15-4-2-6-18(23)8-15/h2,4,6,8-10,16H,3,5,7,11-13H2,1H3,(H,25,28). The van der Waals surface area contributed by atoms with Crippen molar-refractivity contribution in [2.24, 2.45) is 5.92 Å². The number of amides is 1. The van der Waals surface area contributed by atoms with Crippen LogP contribution in [0, 0.1) is 17.4 Å². The zero-order chi connectivity index (χ0) is 19.7. The maximum Gasteiger partial charge on any atom is 0.228 e. The van der Waals surface area contributed by atoms with Gasteiger partial charge in [-0.3, -0.25) is 4.79 Å². The highest BCUT2D eigenvalue weighted by molar-refractivity contribution is 6.30. The average Bonchev–Trinajstić information content (AvgIpc) is 3.10. The first-order valence-electron chi connectivity index (χ1n) is 9.59. The molecule has 1 unspecified atom stereocenters. The van der Waals surface area contributed by atoms with Crippen LogP contribution in [0.5, 0.6) is 0 Å². The molecule has 1 amide bonds. The molecule has 6 heteroatoms. The van der Waals surface area contributed by atoms with Gasteiger partial charge in [-0.2, -0.15) is 5.26 Å². The summed E-state index contributed by atoms with van der Waals surface area (Å²) in [6.45, 7) is 2.98. The summed E-state index contributed by atoms with van der Waals surface area (Å²) < 4.78 is 0. The summed E-state index contributed by atoms with van der Waals surface area (Å²) in [4.78, 5) is 16.7. The number of nitrogens with zero attached hydrogens (tertiary/aromatic N) is 3. The van der Waals surface area contributed by atoms with E-state index in [1.165, 1.54) is 0 Å². The third-order valence-corrected chi connectivity index (χ3v) is 5.83. The topological polar surface area (TPSA) is 59.4 Å². The molecule has 4 rings (SSSR count). The Kier molecular flexibility index (Phi) is 5.25. The van der Waals surface area contributed by atoms with Crippen LogP contribution in [-0.2, 0) is 17.9 Å². The Morgan fingerprint density at radius 1 is 1.29 bits per heavy atom. The SMILES string of the molecule is CN1CCCC(C(=O)Nc2cc3c(c(-c4cccc(Cl)c4)c2)CN(C#N)C3)C1. The monoisotopic (exact) mass is 394 g/mol. The first-order chi connectivity index (χ1) is 13.5. The molecule has 1 atom stereocenters. The van der Waals surface area contributed by atoms with Crippen LogP contribution in [0.25, 0.3) is 11.1 Å². The first-order valence-corrected chi connectivity index (χ1v) is 9.97. The summed E-state index contributed by atoms with van der Waals surface area (Å²) in [5, 5.41) is 13.1. The molecule has 0 aromatic heterocycles. The predicted molar refractivity (Wildman–Crippen MR) is 111 cm³/mol. The van der Waals surface area contributed by atoms with Crippen molar-refractivity contribution in [3.05, 3.63) is 52.5 Å². The normalized spacial score (nSPS) is 19.2. The number of nitrogens with one attached hydrogen (secondary N) is 1. The fourth-order valence-corrected chi connectivity index (χ4v) is 4.38. The highest BCUT2D eigenvalue weighted by atomic mass is 35.5. The fraction of sp³-hybridized carbons (Fsp3) is 0.364. The van der Waals surface area contributed by atoms with Crippen LogP contribution in [0.2, 0.25) is 5.02 Å². The van der Waals surface area contributed by atoms with Crippen molar-refractivity contribution in [2.45, 2.75) is 25.9 Å². The van der Waals surface area contributed by atoms with Gasteiger partial charge in [0.05, 0.1) is 19.0 Å². The van der Waals surface area contributed by atoms with Gasteiger partial charge in [-0.15, -0.1) is 0 Å². The van der Waals surface area contributed by atoms with Crippen LogP contribution in [0.3, 0.4) is 0 Å². The van der Waals surface area contributed by atoms with Crippen LogP contribution >= 0.6 is 11.6 Å². The van der Waals surface area contributed by atoms with Gasteiger partial charge >= 0.3 is 0 Å². The number of hydrogen-bond donors (Lipinski definition) is 1. The van der Waals surface area contributed by atoms with Gasteiger partial charge in [0.2, 0.25) is 5.91 Å². The minimum atomic E-state index is 0.0113. The van der Waals surface area contributed by atoms with Crippen LogP contribution in [0.1, 0.15) is 24.0 Å². The second-order valence-electron chi connectivity index (χ2n) is 7.72. The van der Waals surface area contributed by atoms with Crippen molar-refractivity contribution in [3.8, 4) is 17.3 Å². The maximum atomic E-state index is 12.8. The molecular weight excluding hydrogens is 372 g/mol. The second-order valence-corrected chi connectivity index (χ2v) is 8.15. The lowest BCUT2D eigenvalue weighted by Crippen LogP contribution is -2.38. The van der Waals surface area contributed by atoms with Crippen LogP contribution in [0.15, 0.2) is 36.4 Å². The second kappa shape index (κ2) is 7.83. The van der Waals surface area contributed by atoms with Gasteiger partial charge in [0.25, 0.3) is 0 Å². The van der Waals surface area contributed by atoms with E-state index in [1.807, 2.05) is 36.4 Å². The van der Waals surface area contributed by atoms with Crippen LogP contribution < -0.4 is 5.32 Å². The molecule has 2 aromatic rings.